The van der Waals surface area contributed by atoms with E-state index < -0.39 is 11.9 Å². The van der Waals surface area contributed by atoms with Crippen LogP contribution in [0.25, 0.3) is 58.9 Å². The molecule has 8 rings (SSSR count). The standard InChI is InChI=1S/C61H45N3O4/c1-42-6-2-5-9-58(42)59(52-29-28-50-7-3-4-8-51(50)39-52)38-49-26-34-57(35-27-49)64(55-30-22-45(23-31-55)12-10-43-14-18-47(19-15-43)36-53(40-62)60(65)66)56-32-24-46(25-33-56)13-11-44-16-20-48(21-17-44)37-54(41-63)61(67)68/h2-5,7-39,42H,6H2,1H3,(H,65,66)(H,67,68)/b12-10+,13-11+,53-36+,54-37+,59-38+. The molecule has 0 bridgehead atoms. The highest BCUT2D eigenvalue weighted by Gasteiger charge is 2.18. The van der Waals surface area contributed by atoms with E-state index in [2.05, 4.69) is 151 Å². The van der Waals surface area contributed by atoms with Crippen molar-refractivity contribution >= 4 is 87.9 Å². The second kappa shape index (κ2) is 21.1. The van der Waals surface area contributed by atoms with E-state index in [4.69, 9.17) is 10.5 Å². The molecule has 0 aliphatic heterocycles. The summed E-state index contributed by atoms with van der Waals surface area (Å²) < 4.78 is 0. The third kappa shape index (κ3) is 11.1. The maximum absolute atomic E-state index is 11.3. The lowest BCUT2D eigenvalue weighted by molar-refractivity contribution is -0.133. The van der Waals surface area contributed by atoms with Crippen molar-refractivity contribution in [3.05, 3.63) is 243 Å². The van der Waals surface area contributed by atoms with E-state index in [1.165, 1.54) is 39.6 Å². The average molecular weight is 884 g/mol. The summed E-state index contributed by atoms with van der Waals surface area (Å²) >= 11 is 0. The van der Waals surface area contributed by atoms with Gasteiger partial charge in [-0.15, -0.1) is 0 Å². The van der Waals surface area contributed by atoms with E-state index in [1.807, 2.05) is 48.6 Å². The van der Waals surface area contributed by atoms with Crippen molar-refractivity contribution in [2.24, 2.45) is 5.92 Å². The Labute approximate surface area is 396 Å². The Morgan fingerprint density at radius 3 is 1.35 bits per heavy atom. The molecule has 0 saturated heterocycles. The molecular formula is C61H45N3O4. The van der Waals surface area contributed by atoms with E-state index in [0.717, 1.165) is 51.3 Å². The quantitative estimate of drug-likeness (QED) is 0.0633. The molecule has 0 amide bonds. The maximum Gasteiger partial charge on any atom is 0.346 e. The highest BCUT2D eigenvalue weighted by molar-refractivity contribution is 5.98. The number of aliphatic carboxylic acids is 2. The Kier molecular flexibility index (Phi) is 14.1. The van der Waals surface area contributed by atoms with Crippen molar-refractivity contribution in [2.45, 2.75) is 13.3 Å². The zero-order chi connectivity index (χ0) is 47.4. The fraction of sp³-hybridized carbons (Fsp3) is 0.0492. The van der Waals surface area contributed by atoms with Crippen LogP contribution in [0.4, 0.5) is 17.1 Å². The first-order valence-electron chi connectivity index (χ1n) is 22.1. The van der Waals surface area contributed by atoms with Gasteiger partial charge in [0.1, 0.15) is 23.3 Å². The van der Waals surface area contributed by atoms with Crippen LogP contribution < -0.4 is 4.90 Å². The van der Waals surface area contributed by atoms with Crippen LogP contribution in [-0.2, 0) is 9.59 Å². The molecule has 1 aliphatic carbocycles. The Morgan fingerprint density at radius 2 is 0.926 bits per heavy atom. The number of carboxylic acid groups (broad SMARTS) is 2. The van der Waals surface area contributed by atoms with Crippen molar-refractivity contribution < 1.29 is 19.8 Å². The lowest BCUT2D eigenvalue weighted by Gasteiger charge is -2.26. The number of rotatable bonds is 14. The summed E-state index contributed by atoms with van der Waals surface area (Å²) in [6.45, 7) is 2.29. The second-order valence-electron chi connectivity index (χ2n) is 16.4. The van der Waals surface area contributed by atoms with Crippen LogP contribution in [0.3, 0.4) is 0 Å². The number of allylic oxidation sites excluding steroid dienone is 5. The molecule has 7 heteroatoms. The van der Waals surface area contributed by atoms with Crippen molar-refractivity contribution in [3.8, 4) is 12.1 Å². The van der Waals surface area contributed by atoms with E-state index in [1.54, 1.807) is 36.4 Å². The van der Waals surface area contributed by atoms with Gasteiger partial charge in [0.15, 0.2) is 0 Å². The highest BCUT2D eigenvalue weighted by Crippen LogP contribution is 2.38. The summed E-state index contributed by atoms with van der Waals surface area (Å²) in [4.78, 5) is 24.8. The van der Waals surface area contributed by atoms with Crippen molar-refractivity contribution in [1.29, 1.82) is 10.5 Å². The van der Waals surface area contributed by atoms with Gasteiger partial charge in [0.2, 0.25) is 0 Å². The zero-order valence-electron chi connectivity index (χ0n) is 37.2. The van der Waals surface area contributed by atoms with Crippen LogP contribution in [0, 0.1) is 28.6 Å². The monoisotopic (exact) mass is 883 g/mol. The van der Waals surface area contributed by atoms with Crippen LogP contribution >= 0.6 is 0 Å². The summed E-state index contributed by atoms with van der Waals surface area (Å²) in [5, 5.41) is 39.1. The van der Waals surface area contributed by atoms with Gasteiger partial charge in [0, 0.05) is 17.1 Å². The molecule has 328 valence electrons. The van der Waals surface area contributed by atoms with Gasteiger partial charge < -0.3 is 15.1 Å². The normalized spacial score (nSPS) is 14.1. The van der Waals surface area contributed by atoms with Crippen LogP contribution in [0.15, 0.2) is 199 Å². The number of hydrogen-bond acceptors (Lipinski definition) is 5. The van der Waals surface area contributed by atoms with Gasteiger partial charge in [-0.1, -0.05) is 171 Å². The summed E-state index contributed by atoms with van der Waals surface area (Å²) in [6.07, 6.45) is 20.7. The third-order valence-corrected chi connectivity index (χ3v) is 11.7. The second-order valence-corrected chi connectivity index (χ2v) is 16.4. The number of fused-ring (bicyclic) bond motifs is 1. The molecule has 0 saturated carbocycles. The first-order valence-corrected chi connectivity index (χ1v) is 22.1. The van der Waals surface area contributed by atoms with Gasteiger partial charge in [-0.25, -0.2) is 9.59 Å². The molecule has 1 atom stereocenters. The fourth-order valence-corrected chi connectivity index (χ4v) is 8.00. The molecular weight excluding hydrogens is 839 g/mol. The number of nitrogens with zero attached hydrogens (tertiary/aromatic N) is 3. The lowest BCUT2D eigenvalue weighted by atomic mass is 9.83. The highest BCUT2D eigenvalue weighted by atomic mass is 16.4. The molecule has 0 spiro atoms. The van der Waals surface area contributed by atoms with Gasteiger partial charge in [0.25, 0.3) is 0 Å². The molecule has 0 fully saturated rings. The van der Waals surface area contributed by atoms with Crippen molar-refractivity contribution in [1.82, 2.24) is 0 Å². The van der Waals surface area contributed by atoms with Crippen LogP contribution in [0.2, 0.25) is 0 Å². The Morgan fingerprint density at radius 1 is 0.529 bits per heavy atom. The third-order valence-electron chi connectivity index (χ3n) is 11.7. The topological polar surface area (TPSA) is 125 Å². The van der Waals surface area contributed by atoms with Crippen LogP contribution in [0.5, 0.6) is 0 Å². The molecule has 7 nitrogen and oxygen atoms in total. The summed E-state index contributed by atoms with van der Waals surface area (Å²) in [6, 6.07) is 58.6. The minimum Gasteiger partial charge on any atom is -0.477 e. The molecule has 2 N–H and O–H groups in total. The smallest absolute Gasteiger partial charge is 0.346 e. The molecule has 7 aromatic rings. The Hall–Kier alpha value is -9.30. The maximum atomic E-state index is 11.3. The minimum absolute atomic E-state index is 0.319. The summed E-state index contributed by atoms with van der Waals surface area (Å²) in [5.74, 6) is -2.14. The van der Waals surface area contributed by atoms with Gasteiger partial charge in [-0.05, 0) is 139 Å². The Bertz CT molecular complexity index is 3160. The minimum atomic E-state index is -1.26. The van der Waals surface area contributed by atoms with E-state index in [9.17, 15) is 19.8 Å². The van der Waals surface area contributed by atoms with Gasteiger partial charge in [-0.2, -0.15) is 10.5 Å². The number of hydrogen-bond donors (Lipinski definition) is 2. The number of nitriles is 2. The first kappa shape index (κ1) is 45.3. The van der Waals surface area contributed by atoms with Gasteiger partial charge >= 0.3 is 11.9 Å². The van der Waals surface area contributed by atoms with Crippen LogP contribution in [0.1, 0.15) is 57.9 Å². The first-order chi connectivity index (χ1) is 33.1. The number of carboxylic acids is 2. The van der Waals surface area contributed by atoms with Gasteiger partial charge in [0.05, 0.1) is 0 Å². The summed E-state index contributed by atoms with van der Waals surface area (Å²) in [7, 11) is 0. The molecule has 1 unspecified atom stereocenters. The van der Waals surface area contributed by atoms with Crippen LogP contribution in [-0.4, -0.2) is 22.2 Å². The summed E-state index contributed by atoms with van der Waals surface area (Å²) in [5.41, 5.74) is 12.2. The molecule has 0 radical (unpaired) electrons. The molecule has 0 aromatic heterocycles. The van der Waals surface area contributed by atoms with E-state index in [0.29, 0.717) is 17.0 Å². The lowest BCUT2D eigenvalue weighted by Crippen LogP contribution is -2.09. The molecule has 0 heterocycles. The van der Waals surface area contributed by atoms with E-state index in [-0.39, 0.29) is 11.1 Å². The largest absolute Gasteiger partial charge is 0.477 e. The van der Waals surface area contributed by atoms with Crippen molar-refractivity contribution in [3.63, 3.8) is 0 Å². The predicted molar refractivity (Wildman–Crippen MR) is 277 cm³/mol. The van der Waals surface area contributed by atoms with Crippen molar-refractivity contribution in [2.75, 3.05) is 4.90 Å². The predicted octanol–water partition coefficient (Wildman–Crippen LogP) is 14.7. The number of benzene rings is 7. The number of anilines is 3. The SMILES string of the molecule is CC1CC=CC=C1/C(=C/c1ccc(N(c2ccc(/C=C/c3ccc(/C=C(\C#N)C(=O)O)cc3)cc2)c2ccc(/C=C/c3ccc(/C=C(\C#N)C(=O)O)cc3)cc2)cc1)c1ccc2ccccc2c1. The van der Waals surface area contributed by atoms with E-state index >= 15 is 0 Å². The fourth-order valence-electron chi connectivity index (χ4n) is 8.00. The number of carbonyl (C=O) groups is 2. The zero-order valence-corrected chi connectivity index (χ0v) is 37.2. The average Bonchev–Trinajstić information content (AvgIpc) is 3.37. The molecule has 68 heavy (non-hydrogen) atoms. The van der Waals surface area contributed by atoms with Gasteiger partial charge in [-0.3, -0.25) is 0 Å². The molecule has 7 aromatic carbocycles. The Balaban J connectivity index is 1.09. The molecule has 1 aliphatic rings.